The van der Waals surface area contributed by atoms with Gasteiger partial charge >= 0.3 is 16.7 Å². The Morgan fingerprint density at radius 2 is 1.71 bits per heavy atom. The maximum atomic E-state index is 13.4. The SMILES string of the molecule is CC(C)/C(=N\OCc1ccc(C2CCCCC2)cc1)c1cc(Cl)ccc1C(F)(F)F.N=S(=O)=O. The lowest BCUT2D eigenvalue weighted by Gasteiger charge is -2.22. The number of hydrogen-bond donors (Lipinski definition) is 1. The van der Waals surface area contributed by atoms with Crippen LogP contribution in [0.15, 0.2) is 47.6 Å². The van der Waals surface area contributed by atoms with E-state index in [2.05, 4.69) is 17.3 Å². The number of halogens is 4. The van der Waals surface area contributed by atoms with Crippen molar-refractivity contribution < 1.29 is 26.4 Å². The molecule has 0 bridgehead atoms. The summed E-state index contributed by atoms with van der Waals surface area (Å²) < 4.78 is 63.2. The Morgan fingerprint density at radius 3 is 2.24 bits per heavy atom. The van der Waals surface area contributed by atoms with Crippen molar-refractivity contribution in [2.75, 3.05) is 0 Å². The maximum absolute atomic E-state index is 13.4. The largest absolute Gasteiger partial charge is 0.417 e. The molecule has 1 fully saturated rings. The van der Waals surface area contributed by atoms with Crippen LogP contribution >= 0.6 is 11.6 Å². The first-order valence-corrected chi connectivity index (χ1v) is 12.4. The molecule has 1 saturated carbocycles. The minimum Gasteiger partial charge on any atom is -0.391 e. The lowest BCUT2D eigenvalue weighted by molar-refractivity contribution is -0.137. The number of hydrogen-bond acceptors (Lipinski definition) is 5. The van der Waals surface area contributed by atoms with E-state index in [1.54, 1.807) is 13.8 Å². The molecule has 1 aliphatic rings. The quantitative estimate of drug-likeness (QED) is 0.317. The van der Waals surface area contributed by atoms with Gasteiger partial charge in [-0.15, -0.1) is 0 Å². The van der Waals surface area contributed by atoms with Crippen LogP contribution in [0.25, 0.3) is 0 Å². The topological polar surface area (TPSA) is 79.6 Å². The smallest absolute Gasteiger partial charge is 0.391 e. The number of benzene rings is 2. The van der Waals surface area contributed by atoms with Crippen molar-refractivity contribution in [1.29, 1.82) is 4.78 Å². The van der Waals surface area contributed by atoms with E-state index in [9.17, 15) is 13.2 Å². The fourth-order valence-electron chi connectivity index (χ4n) is 3.94. The summed E-state index contributed by atoms with van der Waals surface area (Å²) >= 11 is 5.96. The maximum Gasteiger partial charge on any atom is 0.417 e. The molecular formula is C24H28ClF3N2O3S. The van der Waals surface area contributed by atoms with Crippen molar-refractivity contribution in [2.45, 2.75) is 64.7 Å². The Balaban J connectivity index is 0.000000945. The zero-order valence-corrected chi connectivity index (χ0v) is 20.6. The van der Waals surface area contributed by atoms with Crippen molar-refractivity contribution in [3.05, 3.63) is 69.7 Å². The summed E-state index contributed by atoms with van der Waals surface area (Å²) in [5.41, 5.74) is 1.70. The van der Waals surface area contributed by atoms with E-state index in [1.807, 2.05) is 12.1 Å². The minimum absolute atomic E-state index is 0.0438. The molecule has 0 radical (unpaired) electrons. The number of nitrogens with one attached hydrogen (secondary N) is 1. The fraction of sp³-hybridized carbons (Fsp3) is 0.458. The zero-order chi connectivity index (χ0) is 25.3. The van der Waals surface area contributed by atoms with E-state index in [4.69, 9.17) is 29.6 Å². The van der Waals surface area contributed by atoms with Crippen LogP contribution in [-0.2, 0) is 28.1 Å². The van der Waals surface area contributed by atoms with Gasteiger partial charge in [-0.25, -0.2) is 0 Å². The van der Waals surface area contributed by atoms with Crippen molar-refractivity contribution >= 4 is 27.8 Å². The summed E-state index contributed by atoms with van der Waals surface area (Å²) in [5.74, 6) is 0.362. The van der Waals surface area contributed by atoms with Crippen LogP contribution < -0.4 is 0 Å². The third kappa shape index (κ3) is 8.76. The molecule has 0 amide bonds. The minimum atomic E-state index is -4.50. The van der Waals surface area contributed by atoms with Crippen molar-refractivity contribution in [2.24, 2.45) is 11.1 Å². The molecule has 1 aliphatic carbocycles. The highest BCUT2D eigenvalue weighted by atomic mass is 35.5. The lowest BCUT2D eigenvalue weighted by Crippen LogP contribution is -2.18. The molecule has 2 aromatic rings. The Hall–Kier alpha value is -2.39. The number of oxime groups is 1. The number of alkyl halides is 3. The van der Waals surface area contributed by atoms with E-state index in [0.717, 1.165) is 11.6 Å². The molecule has 0 heterocycles. The monoisotopic (exact) mass is 516 g/mol. The molecule has 3 rings (SSSR count). The van der Waals surface area contributed by atoms with Crippen molar-refractivity contribution in [3.8, 4) is 0 Å². The molecule has 186 valence electrons. The van der Waals surface area contributed by atoms with Gasteiger partial charge in [-0.05, 0) is 54.0 Å². The van der Waals surface area contributed by atoms with Gasteiger partial charge in [0.15, 0.2) is 0 Å². The molecule has 0 saturated heterocycles. The van der Waals surface area contributed by atoms with Crippen LogP contribution in [0.4, 0.5) is 13.2 Å². The third-order valence-electron chi connectivity index (χ3n) is 5.56. The molecular weight excluding hydrogens is 489 g/mol. The summed E-state index contributed by atoms with van der Waals surface area (Å²) in [7, 11) is -2.61. The van der Waals surface area contributed by atoms with E-state index < -0.39 is 22.2 Å². The second-order valence-electron chi connectivity index (χ2n) is 8.40. The predicted octanol–water partition coefficient (Wildman–Crippen LogP) is 7.61. The summed E-state index contributed by atoms with van der Waals surface area (Å²) in [4.78, 5) is 5.47. The van der Waals surface area contributed by atoms with Gasteiger partial charge in [-0.3, -0.25) is 0 Å². The number of rotatable bonds is 6. The standard InChI is InChI=1S/C24H27ClF3NO.HNO2S/c1-16(2)23(21-14-20(25)12-13-22(21)24(26,27)28)29-30-15-17-8-10-19(11-9-17)18-6-4-3-5-7-18;1-4(2)3/h8-14,16,18H,3-7,15H2,1-2H3;1H/b29-23+;. The van der Waals surface area contributed by atoms with E-state index in [0.29, 0.717) is 5.92 Å². The van der Waals surface area contributed by atoms with Crippen LogP contribution in [0.5, 0.6) is 0 Å². The van der Waals surface area contributed by atoms with E-state index in [-0.39, 0.29) is 28.8 Å². The van der Waals surface area contributed by atoms with Gasteiger partial charge in [0.05, 0.1) is 11.3 Å². The van der Waals surface area contributed by atoms with Crippen LogP contribution in [0.2, 0.25) is 5.02 Å². The molecule has 0 unspecified atom stereocenters. The van der Waals surface area contributed by atoms with E-state index >= 15 is 0 Å². The fourth-order valence-corrected chi connectivity index (χ4v) is 4.11. The third-order valence-corrected chi connectivity index (χ3v) is 5.80. The Kier molecular flexibility index (Phi) is 10.6. The van der Waals surface area contributed by atoms with Crippen LogP contribution in [0, 0.1) is 10.7 Å². The molecule has 0 atom stereocenters. The Labute approximate surface area is 204 Å². The first-order valence-electron chi connectivity index (χ1n) is 10.9. The van der Waals surface area contributed by atoms with Gasteiger partial charge in [0, 0.05) is 10.6 Å². The van der Waals surface area contributed by atoms with Gasteiger partial charge in [0.2, 0.25) is 0 Å². The second kappa shape index (κ2) is 12.9. The molecule has 5 nitrogen and oxygen atoms in total. The average molecular weight is 517 g/mol. The Bertz CT molecular complexity index is 1070. The highest BCUT2D eigenvalue weighted by molar-refractivity contribution is 7.60. The molecule has 2 aromatic carbocycles. The highest BCUT2D eigenvalue weighted by Crippen LogP contribution is 2.35. The summed E-state index contributed by atoms with van der Waals surface area (Å²) in [6.45, 7) is 3.76. The predicted molar refractivity (Wildman–Crippen MR) is 127 cm³/mol. The lowest BCUT2D eigenvalue weighted by atomic mass is 9.84. The zero-order valence-electron chi connectivity index (χ0n) is 19.0. The van der Waals surface area contributed by atoms with Crippen molar-refractivity contribution in [1.82, 2.24) is 0 Å². The van der Waals surface area contributed by atoms with Gasteiger partial charge < -0.3 is 4.84 Å². The molecule has 34 heavy (non-hydrogen) atoms. The molecule has 0 aromatic heterocycles. The second-order valence-corrected chi connectivity index (χ2v) is 9.31. The van der Waals surface area contributed by atoms with E-state index in [1.165, 1.54) is 49.8 Å². The summed E-state index contributed by atoms with van der Waals surface area (Å²) in [6, 6.07) is 11.8. The van der Waals surface area contributed by atoms with Crippen LogP contribution in [0.1, 0.15) is 74.1 Å². The summed E-state index contributed by atoms with van der Waals surface area (Å²) in [6.07, 6.45) is 1.86. The highest BCUT2D eigenvalue weighted by Gasteiger charge is 2.35. The molecule has 0 aliphatic heterocycles. The van der Waals surface area contributed by atoms with Crippen molar-refractivity contribution in [3.63, 3.8) is 0 Å². The van der Waals surface area contributed by atoms with Crippen LogP contribution in [0.3, 0.4) is 0 Å². The average Bonchev–Trinajstić information content (AvgIpc) is 2.76. The Morgan fingerprint density at radius 1 is 1.12 bits per heavy atom. The first kappa shape index (κ1) is 27.9. The summed E-state index contributed by atoms with van der Waals surface area (Å²) in [5, 5.41) is 4.30. The van der Waals surface area contributed by atoms with Gasteiger partial charge in [0.25, 0.3) is 0 Å². The first-order chi connectivity index (χ1) is 16.0. The number of nitrogens with zero attached hydrogens (tertiary/aromatic N) is 1. The van der Waals surface area contributed by atoms with Crippen LogP contribution in [-0.4, -0.2) is 14.1 Å². The normalized spacial score (nSPS) is 15.0. The van der Waals surface area contributed by atoms with Gasteiger partial charge in [-0.2, -0.15) is 26.4 Å². The molecule has 10 heteroatoms. The molecule has 0 spiro atoms. The molecule has 1 N–H and O–H groups in total. The van der Waals surface area contributed by atoms with Gasteiger partial charge in [0.1, 0.15) is 6.61 Å². The van der Waals surface area contributed by atoms with Gasteiger partial charge in [-0.1, -0.05) is 74.1 Å².